The van der Waals surface area contributed by atoms with Gasteiger partial charge in [-0.05, 0) is 24.1 Å². The van der Waals surface area contributed by atoms with E-state index in [1.165, 1.54) is 17.0 Å². The summed E-state index contributed by atoms with van der Waals surface area (Å²) in [6, 6.07) is 2.58. The van der Waals surface area contributed by atoms with Crippen molar-refractivity contribution in [1.29, 1.82) is 0 Å². The van der Waals surface area contributed by atoms with E-state index in [4.69, 9.17) is 4.74 Å². The molecule has 0 N–H and O–H groups in total. The number of alkyl halides is 1. The number of amides is 2. The van der Waals surface area contributed by atoms with Crippen LogP contribution in [0.4, 0.5) is 18.0 Å². The normalized spacial score (nSPS) is 22.9. The highest BCUT2D eigenvalue weighted by Crippen LogP contribution is 2.34. The number of benzene rings is 1. The molecule has 8 heteroatoms. The number of hydrogen-bond acceptors (Lipinski definition) is 3. The number of ether oxygens (including phenoxy) is 1. The number of halogens is 3. The fourth-order valence-electron chi connectivity index (χ4n) is 3.47. The van der Waals surface area contributed by atoms with Crippen molar-refractivity contribution < 1.29 is 27.5 Å². The Hall–Kier alpha value is -2.25. The van der Waals surface area contributed by atoms with Crippen LogP contribution in [-0.2, 0) is 16.1 Å². The molecule has 24 heavy (non-hydrogen) atoms. The van der Waals surface area contributed by atoms with Crippen LogP contribution in [0.15, 0.2) is 18.2 Å². The van der Waals surface area contributed by atoms with Crippen LogP contribution >= 0.6 is 0 Å². The molecule has 130 valence electrons. The first-order chi connectivity index (χ1) is 11.5. The topological polar surface area (TPSA) is 49.9 Å². The van der Waals surface area contributed by atoms with E-state index in [0.29, 0.717) is 18.5 Å². The van der Waals surface area contributed by atoms with Crippen LogP contribution in [-0.4, -0.2) is 53.7 Å². The van der Waals surface area contributed by atoms with Gasteiger partial charge in [0.1, 0.15) is 24.9 Å². The second-order valence-corrected chi connectivity index (χ2v) is 5.92. The van der Waals surface area contributed by atoms with Crippen LogP contribution in [0.3, 0.4) is 0 Å². The average molecular weight is 342 g/mol. The Labute approximate surface area is 137 Å². The summed E-state index contributed by atoms with van der Waals surface area (Å²) in [6.45, 7) is -0.583. The Morgan fingerprint density at radius 1 is 1.21 bits per heavy atom. The Kier molecular flexibility index (Phi) is 4.64. The van der Waals surface area contributed by atoms with Gasteiger partial charge in [-0.2, -0.15) is 0 Å². The molecule has 2 amide bonds. The Morgan fingerprint density at radius 3 is 2.58 bits per heavy atom. The molecule has 2 saturated heterocycles. The highest BCUT2D eigenvalue weighted by atomic mass is 19.1. The number of rotatable bonds is 4. The molecule has 0 aromatic heterocycles. The molecule has 0 unspecified atom stereocenters. The maximum absolute atomic E-state index is 13.3. The maximum atomic E-state index is 13.3. The second kappa shape index (κ2) is 6.70. The predicted molar refractivity (Wildman–Crippen MR) is 77.7 cm³/mol. The predicted octanol–water partition coefficient (Wildman–Crippen LogP) is 2.25. The molecule has 0 saturated carbocycles. The zero-order valence-corrected chi connectivity index (χ0v) is 12.9. The minimum atomic E-state index is -0.760. The minimum absolute atomic E-state index is 0.0854. The molecule has 2 aliphatic rings. The molecule has 2 atom stereocenters. The van der Waals surface area contributed by atoms with E-state index in [-0.39, 0.29) is 37.6 Å². The van der Waals surface area contributed by atoms with Crippen LogP contribution in [0.1, 0.15) is 18.4 Å². The van der Waals surface area contributed by atoms with E-state index in [0.717, 1.165) is 6.07 Å². The van der Waals surface area contributed by atoms with Gasteiger partial charge in [-0.1, -0.05) is 0 Å². The lowest BCUT2D eigenvalue weighted by Gasteiger charge is -2.25. The molecule has 0 spiro atoms. The van der Waals surface area contributed by atoms with Crippen molar-refractivity contribution in [3.8, 4) is 0 Å². The zero-order valence-electron chi connectivity index (χ0n) is 12.9. The standard InChI is InChI=1S/C16H17F3N2O3/c17-2-4-24-16(23)20-3-1-13-14(20)8-15(22)21(13)9-10-5-11(18)7-12(19)6-10/h5-7,13-14H,1-4,8-9H2/t13-,14-/m0/s1. The molecule has 0 radical (unpaired) electrons. The van der Waals surface area contributed by atoms with Crippen LogP contribution in [0.2, 0.25) is 0 Å². The van der Waals surface area contributed by atoms with Crippen molar-refractivity contribution in [2.24, 2.45) is 0 Å². The second-order valence-electron chi connectivity index (χ2n) is 5.92. The summed E-state index contributed by atoms with van der Waals surface area (Å²) in [4.78, 5) is 27.1. The van der Waals surface area contributed by atoms with Gasteiger partial charge in [-0.3, -0.25) is 4.79 Å². The zero-order chi connectivity index (χ0) is 17.3. The highest BCUT2D eigenvalue weighted by molar-refractivity contribution is 5.82. The van der Waals surface area contributed by atoms with E-state index in [2.05, 4.69) is 0 Å². The van der Waals surface area contributed by atoms with E-state index >= 15 is 0 Å². The van der Waals surface area contributed by atoms with Crippen molar-refractivity contribution in [3.63, 3.8) is 0 Å². The number of nitrogens with zero attached hydrogens (tertiary/aromatic N) is 2. The monoisotopic (exact) mass is 342 g/mol. The van der Waals surface area contributed by atoms with Gasteiger partial charge in [0.05, 0.1) is 12.1 Å². The van der Waals surface area contributed by atoms with Gasteiger partial charge in [0.2, 0.25) is 5.91 Å². The summed E-state index contributed by atoms with van der Waals surface area (Å²) in [7, 11) is 0. The number of carbonyl (C=O) groups excluding carboxylic acids is 2. The third kappa shape index (κ3) is 3.18. The van der Waals surface area contributed by atoms with Crippen LogP contribution in [0, 0.1) is 11.6 Å². The molecule has 1 aromatic rings. The maximum Gasteiger partial charge on any atom is 0.410 e. The van der Waals surface area contributed by atoms with Gasteiger partial charge in [-0.15, -0.1) is 0 Å². The van der Waals surface area contributed by atoms with E-state index in [1.54, 1.807) is 4.90 Å². The van der Waals surface area contributed by atoms with Crippen LogP contribution < -0.4 is 0 Å². The fraction of sp³-hybridized carbons (Fsp3) is 0.500. The van der Waals surface area contributed by atoms with Crippen molar-refractivity contribution in [1.82, 2.24) is 9.80 Å². The molecule has 2 fully saturated rings. The van der Waals surface area contributed by atoms with Gasteiger partial charge in [0.15, 0.2) is 0 Å². The van der Waals surface area contributed by atoms with Gasteiger partial charge >= 0.3 is 6.09 Å². The summed E-state index contributed by atoms with van der Waals surface area (Å²) in [5, 5.41) is 0. The summed E-state index contributed by atoms with van der Waals surface area (Å²) in [5.41, 5.74) is 0.361. The van der Waals surface area contributed by atoms with E-state index in [9.17, 15) is 22.8 Å². The van der Waals surface area contributed by atoms with Crippen molar-refractivity contribution in [2.75, 3.05) is 19.8 Å². The molecular weight excluding hydrogens is 325 g/mol. The highest BCUT2D eigenvalue weighted by Gasteiger charge is 2.48. The average Bonchev–Trinajstić information content (AvgIpc) is 3.04. The summed E-state index contributed by atoms with van der Waals surface area (Å²) in [6.07, 6.45) is 0.0538. The minimum Gasteiger partial charge on any atom is -0.447 e. The third-order valence-corrected chi connectivity index (χ3v) is 4.43. The SMILES string of the molecule is O=C1C[C@H]2[C@H](CCN2C(=O)OCCF)N1Cc1cc(F)cc(F)c1. The first-order valence-electron chi connectivity index (χ1n) is 7.73. The quantitative estimate of drug-likeness (QED) is 0.843. The molecule has 2 heterocycles. The van der Waals surface area contributed by atoms with Gasteiger partial charge < -0.3 is 14.5 Å². The Morgan fingerprint density at radius 2 is 1.92 bits per heavy atom. The summed E-state index contributed by atoms with van der Waals surface area (Å²) in [5.74, 6) is -1.58. The molecule has 3 rings (SSSR count). The Bertz CT molecular complexity index is 635. The lowest BCUT2D eigenvalue weighted by atomic mass is 10.1. The van der Waals surface area contributed by atoms with Crippen LogP contribution in [0.25, 0.3) is 0 Å². The largest absolute Gasteiger partial charge is 0.447 e. The summed E-state index contributed by atoms with van der Waals surface area (Å²) < 4.78 is 43.5. The van der Waals surface area contributed by atoms with Crippen molar-refractivity contribution >= 4 is 12.0 Å². The Balaban J connectivity index is 1.71. The smallest absolute Gasteiger partial charge is 0.410 e. The van der Waals surface area contributed by atoms with E-state index < -0.39 is 24.4 Å². The number of carbonyl (C=O) groups is 2. The molecule has 5 nitrogen and oxygen atoms in total. The first-order valence-corrected chi connectivity index (χ1v) is 7.73. The molecule has 1 aromatic carbocycles. The van der Waals surface area contributed by atoms with Gasteiger partial charge in [0.25, 0.3) is 0 Å². The van der Waals surface area contributed by atoms with Crippen molar-refractivity contribution in [2.45, 2.75) is 31.5 Å². The molecule has 0 bridgehead atoms. The molecular formula is C16H17F3N2O3. The number of likely N-dealkylation sites (tertiary alicyclic amines) is 2. The molecule has 0 aliphatic carbocycles. The van der Waals surface area contributed by atoms with Gasteiger partial charge in [-0.25, -0.2) is 18.0 Å². The first kappa shape index (κ1) is 16.6. The number of fused-ring (bicyclic) bond motifs is 1. The van der Waals surface area contributed by atoms with Crippen molar-refractivity contribution in [3.05, 3.63) is 35.4 Å². The van der Waals surface area contributed by atoms with Gasteiger partial charge in [0, 0.05) is 25.6 Å². The molecule has 2 aliphatic heterocycles. The van der Waals surface area contributed by atoms with E-state index in [1.807, 2.05) is 0 Å². The lowest BCUT2D eigenvalue weighted by Crippen LogP contribution is -2.40. The van der Waals surface area contributed by atoms with Crippen LogP contribution in [0.5, 0.6) is 0 Å². The summed E-state index contributed by atoms with van der Waals surface area (Å²) >= 11 is 0. The fourth-order valence-corrected chi connectivity index (χ4v) is 3.47. The third-order valence-electron chi connectivity index (χ3n) is 4.43. The number of hydrogen-bond donors (Lipinski definition) is 0. The lowest BCUT2D eigenvalue weighted by molar-refractivity contribution is -0.129.